The molecule has 1 atom stereocenters. The second-order valence-corrected chi connectivity index (χ2v) is 4.17. The van der Waals surface area contributed by atoms with Gasteiger partial charge in [-0.3, -0.25) is 4.79 Å². The van der Waals surface area contributed by atoms with Crippen molar-refractivity contribution in [1.29, 1.82) is 0 Å². The van der Waals surface area contributed by atoms with Crippen LogP contribution in [0.25, 0.3) is 0 Å². The van der Waals surface area contributed by atoms with Crippen molar-refractivity contribution in [2.45, 2.75) is 38.6 Å². The minimum absolute atomic E-state index is 0.139. The van der Waals surface area contributed by atoms with E-state index in [1.165, 1.54) is 0 Å². The number of aliphatic carboxylic acids is 1. The highest BCUT2D eigenvalue weighted by molar-refractivity contribution is 5.74. The largest absolute Gasteiger partial charge is 0.481 e. The van der Waals surface area contributed by atoms with Crippen molar-refractivity contribution in [3.8, 4) is 0 Å². The molecular formula is C10H18N2O3. The van der Waals surface area contributed by atoms with Gasteiger partial charge in [0, 0.05) is 19.0 Å². The van der Waals surface area contributed by atoms with E-state index in [-0.39, 0.29) is 18.4 Å². The minimum Gasteiger partial charge on any atom is -0.481 e. The summed E-state index contributed by atoms with van der Waals surface area (Å²) >= 11 is 0. The SMILES string of the molecule is CC(CCC(=O)O)CNC(=O)NC1CC1. The molecule has 86 valence electrons. The summed E-state index contributed by atoms with van der Waals surface area (Å²) in [5.41, 5.74) is 0. The van der Waals surface area contributed by atoms with Gasteiger partial charge in [-0.2, -0.15) is 0 Å². The van der Waals surface area contributed by atoms with Crippen LogP contribution in [0, 0.1) is 5.92 Å². The standard InChI is InChI=1S/C10H18N2O3/c1-7(2-5-9(13)14)6-11-10(15)12-8-3-4-8/h7-8H,2-6H2,1H3,(H,13,14)(H2,11,12,15). The maximum Gasteiger partial charge on any atom is 0.315 e. The lowest BCUT2D eigenvalue weighted by Crippen LogP contribution is -2.38. The highest BCUT2D eigenvalue weighted by atomic mass is 16.4. The molecule has 0 aliphatic heterocycles. The van der Waals surface area contributed by atoms with Gasteiger partial charge in [0.25, 0.3) is 0 Å². The summed E-state index contributed by atoms with van der Waals surface area (Å²) in [6.45, 7) is 2.46. The molecule has 0 aromatic rings. The summed E-state index contributed by atoms with van der Waals surface area (Å²) in [4.78, 5) is 21.5. The lowest BCUT2D eigenvalue weighted by molar-refractivity contribution is -0.137. The van der Waals surface area contributed by atoms with Crippen molar-refractivity contribution in [2.24, 2.45) is 5.92 Å². The predicted molar refractivity (Wildman–Crippen MR) is 55.6 cm³/mol. The lowest BCUT2D eigenvalue weighted by atomic mass is 10.1. The molecule has 0 saturated heterocycles. The summed E-state index contributed by atoms with van der Waals surface area (Å²) in [5, 5.41) is 14.0. The van der Waals surface area contributed by atoms with E-state index < -0.39 is 5.97 Å². The topological polar surface area (TPSA) is 78.4 Å². The number of hydrogen-bond donors (Lipinski definition) is 3. The van der Waals surface area contributed by atoms with E-state index >= 15 is 0 Å². The Labute approximate surface area is 89.2 Å². The smallest absolute Gasteiger partial charge is 0.315 e. The zero-order valence-corrected chi connectivity index (χ0v) is 8.95. The van der Waals surface area contributed by atoms with Crippen molar-refractivity contribution >= 4 is 12.0 Å². The van der Waals surface area contributed by atoms with Gasteiger partial charge in [-0.25, -0.2) is 4.79 Å². The highest BCUT2D eigenvalue weighted by Gasteiger charge is 2.23. The summed E-state index contributed by atoms with van der Waals surface area (Å²) in [6, 6.07) is 0.221. The first-order valence-corrected chi connectivity index (χ1v) is 5.34. The van der Waals surface area contributed by atoms with Gasteiger partial charge in [0.2, 0.25) is 0 Å². The number of hydrogen-bond acceptors (Lipinski definition) is 2. The molecule has 15 heavy (non-hydrogen) atoms. The zero-order chi connectivity index (χ0) is 11.3. The molecule has 1 saturated carbocycles. The molecule has 1 aliphatic carbocycles. The Morgan fingerprint density at radius 3 is 2.67 bits per heavy atom. The molecular weight excluding hydrogens is 196 g/mol. The second kappa shape index (κ2) is 5.58. The van der Waals surface area contributed by atoms with Crippen LogP contribution >= 0.6 is 0 Å². The third kappa shape index (κ3) is 5.93. The number of carbonyl (C=O) groups excluding carboxylic acids is 1. The van der Waals surface area contributed by atoms with Crippen LogP contribution in [0.2, 0.25) is 0 Å². The van der Waals surface area contributed by atoms with Gasteiger partial charge in [0.1, 0.15) is 0 Å². The Kier molecular flexibility index (Phi) is 4.39. The second-order valence-electron chi connectivity index (χ2n) is 4.17. The number of amides is 2. The number of rotatable bonds is 6. The molecule has 3 N–H and O–H groups in total. The monoisotopic (exact) mass is 214 g/mol. The fourth-order valence-corrected chi connectivity index (χ4v) is 1.20. The fraction of sp³-hybridized carbons (Fsp3) is 0.800. The van der Waals surface area contributed by atoms with Crippen molar-refractivity contribution < 1.29 is 14.7 Å². The third-order valence-corrected chi connectivity index (χ3v) is 2.37. The number of urea groups is 1. The van der Waals surface area contributed by atoms with Gasteiger partial charge in [-0.15, -0.1) is 0 Å². The van der Waals surface area contributed by atoms with Crippen LogP contribution in [0.15, 0.2) is 0 Å². The molecule has 0 radical (unpaired) electrons. The van der Waals surface area contributed by atoms with E-state index in [1.807, 2.05) is 6.92 Å². The minimum atomic E-state index is -0.788. The predicted octanol–water partition coefficient (Wildman–Crippen LogP) is 0.949. The van der Waals surface area contributed by atoms with Gasteiger partial charge in [-0.05, 0) is 25.2 Å². The molecule has 0 bridgehead atoms. The Bertz CT molecular complexity index is 239. The third-order valence-electron chi connectivity index (χ3n) is 2.37. The Hall–Kier alpha value is -1.26. The van der Waals surface area contributed by atoms with Gasteiger partial charge >= 0.3 is 12.0 Å². The first kappa shape index (κ1) is 11.8. The normalized spacial score (nSPS) is 16.9. The van der Waals surface area contributed by atoms with Crippen molar-refractivity contribution in [2.75, 3.05) is 6.54 Å². The summed E-state index contributed by atoms with van der Waals surface area (Å²) in [6.07, 6.45) is 2.90. The van der Waals surface area contributed by atoms with E-state index in [1.54, 1.807) is 0 Å². The van der Waals surface area contributed by atoms with Crippen LogP contribution < -0.4 is 10.6 Å². The van der Waals surface area contributed by atoms with Crippen LogP contribution in [0.5, 0.6) is 0 Å². The highest BCUT2D eigenvalue weighted by Crippen LogP contribution is 2.18. The average molecular weight is 214 g/mol. The van der Waals surface area contributed by atoms with Crippen molar-refractivity contribution in [3.05, 3.63) is 0 Å². The quantitative estimate of drug-likeness (QED) is 0.616. The molecule has 2 amide bonds. The van der Waals surface area contributed by atoms with Gasteiger partial charge in [0.05, 0.1) is 0 Å². The summed E-state index contributed by atoms with van der Waals surface area (Å²) in [7, 11) is 0. The van der Waals surface area contributed by atoms with Crippen molar-refractivity contribution in [1.82, 2.24) is 10.6 Å². The molecule has 0 aromatic carbocycles. The molecule has 1 rings (SSSR count). The molecule has 1 unspecified atom stereocenters. The molecule has 0 aromatic heterocycles. The Morgan fingerprint density at radius 1 is 1.47 bits per heavy atom. The molecule has 5 heteroatoms. The van der Waals surface area contributed by atoms with E-state index in [0.717, 1.165) is 12.8 Å². The van der Waals surface area contributed by atoms with E-state index in [0.29, 0.717) is 19.0 Å². The first-order chi connectivity index (χ1) is 7.08. The molecule has 1 fully saturated rings. The number of nitrogens with one attached hydrogen (secondary N) is 2. The van der Waals surface area contributed by atoms with Crippen LogP contribution in [0.4, 0.5) is 4.79 Å². The van der Waals surface area contributed by atoms with Crippen molar-refractivity contribution in [3.63, 3.8) is 0 Å². The van der Waals surface area contributed by atoms with Gasteiger partial charge in [0.15, 0.2) is 0 Å². The summed E-state index contributed by atoms with van der Waals surface area (Å²) < 4.78 is 0. The fourth-order valence-electron chi connectivity index (χ4n) is 1.20. The van der Waals surface area contributed by atoms with E-state index in [2.05, 4.69) is 10.6 Å². The Balaban J connectivity index is 2.01. The number of carboxylic acid groups (broad SMARTS) is 1. The maximum absolute atomic E-state index is 11.2. The van der Waals surface area contributed by atoms with E-state index in [4.69, 9.17) is 5.11 Å². The molecule has 0 heterocycles. The van der Waals surface area contributed by atoms with E-state index in [9.17, 15) is 9.59 Å². The maximum atomic E-state index is 11.2. The van der Waals surface area contributed by atoms with Crippen LogP contribution in [0.1, 0.15) is 32.6 Å². The molecule has 5 nitrogen and oxygen atoms in total. The van der Waals surface area contributed by atoms with Crippen LogP contribution in [0.3, 0.4) is 0 Å². The summed E-state index contributed by atoms with van der Waals surface area (Å²) in [5.74, 6) is -0.588. The van der Waals surface area contributed by atoms with Gasteiger partial charge in [-0.1, -0.05) is 6.92 Å². The Morgan fingerprint density at radius 2 is 2.13 bits per heavy atom. The zero-order valence-electron chi connectivity index (χ0n) is 8.95. The van der Waals surface area contributed by atoms with Crippen LogP contribution in [-0.2, 0) is 4.79 Å². The molecule has 1 aliphatic rings. The van der Waals surface area contributed by atoms with Gasteiger partial charge < -0.3 is 15.7 Å². The first-order valence-electron chi connectivity index (χ1n) is 5.34. The number of carbonyl (C=O) groups is 2. The number of carboxylic acids is 1. The van der Waals surface area contributed by atoms with Crippen LogP contribution in [-0.4, -0.2) is 29.7 Å². The average Bonchev–Trinajstić information content (AvgIpc) is 2.95. The lowest BCUT2D eigenvalue weighted by Gasteiger charge is -2.11. The molecule has 0 spiro atoms.